The van der Waals surface area contributed by atoms with Gasteiger partial charge in [0.05, 0.1) is 19.8 Å². The number of ether oxygens (including phenoxy) is 17. The van der Waals surface area contributed by atoms with Crippen LogP contribution in [0.4, 0.5) is 0 Å². The minimum absolute atomic E-state index is 0.0344. The summed E-state index contributed by atoms with van der Waals surface area (Å²) in [4.78, 5) is 26.2. The quantitative estimate of drug-likeness (QED) is 0.0229. The van der Waals surface area contributed by atoms with Crippen LogP contribution >= 0.6 is 0 Å². The van der Waals surface area contributed by atoms with Gasteiger partial charge in [-0.25, -0.2) is 29.3 Å². The molecule has 25 atom stereocenters. The normalized spacial score (nSPS) is 38.2. The fourth-order valence-electron chi connectivity index (χ4n) is 10.1. The van der Waals surface area contributed by atoms with Gasteiger partial charge >= 0.3 is 72.8 Å². The molecule has 0 bridgehead atoms. The third-order valence-electron chi connectivity index (χ3n) is 13.5. The lowest BCUT2D eigenvalue weighted by atomic mass is 9.95. The molecule has 0 saturated carbocycles. The molecule has 47 nitrogen and oxygen atoms in total. The molecule has 0 unspecified atom stereocenters. The van der Waals surface area contributed by atoms with E-state index in [0.29, 0.717) is 0 Å². The highest BCUT2D eigenvalue weighted by Crippen LogP contribution is 2.41. The van der Waals surface area contributed by atoms with Crippen molar-refractivity contribution in [1.82, 2.24) is 0 Å². The lowest BCUT2D eigenvalue weighted by molar-refractivity contribution is -0.386. The van der Waals surface area contributed by atoms with Gasteiger partial charge in [-0.05, 0) is 0 Å². The van der Waals surface area contributed by atoms with Crippen molar-refractivity contribution in [3.05, 3.63) is 0 Å². The van der Waals surface area contributed by atoms with E-state index in [0.717, 1.165) is 49.8 Å². The maximum Gasteiger partial charge on any atom is 0.397 e. The molecule has 0 aliphatic carbocycles. The van der Waals surface area contributed by atoms with Crippen molar-refractivity contribution in [2.75, 3.05) is 76.7 Å². The Morgan fingerprint density at radius 2 is 0.511 bits per heavy atom. The van der Waals surface area contributed by atoms with E-state index in [-0.39, 0.29) is 12.6 Å². The van der Waals surface area contributed by atoms with Gasteiger partial charge in [-0.3, -0.25) is 31.9 Å². The third kappa shape index (κ3) is 22.4. The molecule has 92 heavy (non-hydrogen) atoms. The summed E-state index contributed by atoms with van der Waals surface area (Å²) in [5.41, 5.74) is 0. The standard InChI is InChI=1S/C38H64O47S7/c1-62-19-16(11-70-86(41,42)43)76-37(29(66-5)24(19)63-2)78-20-14(9-39)73-36(30(67-6)25(20)64-3)81-23-18(13-72-88(47,48)49)77-38(33(85-92(59,60)61)28(23)83-90(53,54)55)79-21-15(10-40)74-35(31(68-7)26(21)65-4)80-22-17(12-71-87(44,45)46)75-34(69-8)32(84-91(56,57)58)27(22)82-89(50,51)52/h9-10,14-38H,11-13H2,1-8H3,(H,41,42,43)(H,44,45,46)(H,47,48,49)(H,50,51,52)(H,53,54,55)(H,56,57,58)(H,59,60,61)/t14-,15+,16-,17-,18-,19-,20-,21-,22-,23-,24+,25+,26+,27+,28+,29-,30-,31-,32-,33-,34+,35+,36+,37-,38-/m1/s1. The van der Waals surface area contributed by atoms with Gasteiger partial charge in [0.25, 0.3) is 0 Å². The Hall–Kier alpha value is -2.25. The van der Waals surface area contributed by atoms with Crippen molar-refractivity contribution in [2.45, 2.75) is 154 Å². The van der Waals surface area contributed by atoms with Crippen LogP contribution in [0.2, 0.25) is 0 Å². The van der Waals surface area contributed by atoms with Crippen LogP contribution in [0.1, 0.15) is 0 Å². The maximum absolute atomic E-state index is 13.1. The van der Waals surface area contributed by atoms with E-state index in [9.17, 15) is 100 Å². The summed E-state index contributed by atoms with van der Waals surface area (Å²) in [6.07, 6.45) is -54.9. The predicted molar refractivity (Wildman–Crippen MR) is 276 cm³/mol. The van der Waals surface area contributed by atoms with Crippen LogP contribution in [0, 0.1) is 0 Å². The smallest absolute Gasteiger partial charge is 0.376 e. The molecule has 7 N–H and O–H groups in total. The monoisotopic (exact) mass is 1500 g/mol. The van der Waals surface area contributed by atoms with Gasteiger partial charge in [0, 0.05) is 56.9 Å². The topological polar surface area (TPSA) is 636 Å². The Balaban J connectivity index is 1.60. The summed E-state index contributed by atoms with van der Waals surface area (Å²) in [5, 5.41) is 0. The van der Waals surface area contributed by atoms with E-state index >= 15 is 0 Å². The molecule has 0 spiro atoms. The van der Waals surface area contributed by atoms with Crippen LogP contribution in [0.15, 0.2) is 0 Å². The minimum atomic E-state index is -6.11. The van der Waals surface area contributed by atoms with Gasteiger partial charge in [-0.15, -0.1) is 0 Å². The Morgan fingerprint density at radius 3 is 0.783 bits per heavy atom. The zero-order chi connectivity index (χ0) is 69.4. The van der Waals surface area contributed by atoms with Crippen molar-refractivity contribution in [3.8, 4) is 0 Å². The molecule has 0 amide bonds. The first kappa shape index (κ1) is 80.4. The highest BCUT2D eigenvalue weighted by molar-refractivity contribution is 7.82. The molecular formula is C38H64O47S7. The fraction of sp³-hybridized carbons (Fsp3) is 0.947. The molecule has 5 saturated heterocycles. The molecule has 0 aromatic rings. The first-order chi connectivity index (χ1) is 42.5. The second-order valence-electron chi connectivity index (χ2n) is 19.0. The van der Waals surface area contributed by atoms with Gasteiger partial charge < -0.3 is 90.1 Å². The highest BCUT2D eigenvalue weighted by atomic mass is 32.3. The number of aldehydes is 2. The number of carbonyl (C=O) groups excluding carboxylic acids is 2. The summed E-state index contributed by atoms with van der Waals surface area (Å²) in [7, 11) is -32.4. The van der Waals surface area contributed by atoms with E-state index in [1.807, 2.05) is 0 Å². The summed E-state index contributed by atoms with van der Waals surface area (Å²) < 4.78 is 367. The summed E-state index contributed by atoms with van der Waals surface area (Å²) in [6, 6.07) is 0. The largest absolute Gasteiger partial charge is 0.397 e. The van der Waals surface area contributed by atoms with Crippen molar-refractivity contribution in [2.24, 2.45) is 0 Å². The van der Waals surface area contributed by atoms with Crippen LogP contribution in [-0.2, 0) is 192 Å². The van der Waals surface area contributed by atoms with Gasteiger partial charge in [-0.2, -0.15) is 58.9 Å². The third-order valence-corrected chi connectivity index (χ3v) is 16.6. The Bertz CT molecular complexity index is 3230. The number of rotatable bonds is 35. The summed E-state index contributed by atoms with van der Waals surface area (Å²) in [5.74, 6) is 0. The molecule has 5 aliphatic rings. The molecule has 0 aromatic carbocycles. The second-order valence-corrected chi connectivity index (χ2v) is 26.4. The summed E-state index contributed by atoms with van der Waals surface area (Å²) in [6.45, 7) is -4.10. The van der Waals surface area contributed by atoms with Crippen molar-refractivity contribution in [3.63, 3.8) is 0 Å². The van der Waals surface area contributed by atoms with E-state index in [1.54, 1.807) is 0 Å². The lowest BCUT2D eigenvalue weighted by Gasteiger charge is -2.51. The van der Waals surface area contributed by atoms with Crippen LogP contribution in [0.3, 0.4) is 0 Å². The Labute approximate surface area is 523 Å². The maximum atomic E-state index is 13.1. The average molecular weight is 1500 g/mol. The van der Waals surface area contributed by atoms with Crippen molar-refractivity contribution < 1.29 is 210 Å². The molecule has 5 aliphatic heterocycles. The SMILES string of the molecule is CO[C@H]1O[C@H](COS(=O)(=O)O)[C@@H](O[C@@H]2O[C@@H](C=O)[C@@H](O[C@H]3O[C@H](COS(=O)(=O)O)[C@@H](O[C@@H]4O[C@H](C=O)[C@@H](O[C@H]5O[C@H](COS(=O)(=O)O)[C@@H](OC)[C@H](OC)[C@H]5OC)[C@H](OC)[C@H]4OC)[C@H](OS(=O)(=O)O)[C@H]3OS(=O)(=O)O)[C@H](OC)[C@H]2OC)[C@H](OS(=O)(=O)O)[C@H]1OS(=O)(=O)O. The van der Waals surface area contributed by atoms with Gasteiger partial charge in [0.1, 0.15) is 110 Å². The molecule has 5 rings (SSSR count). The first-order valence-electron chi connectivity index (χ1n) is 25.0. The average Bonchev–Trinajstić information content (AvgIpc) is 0.768. The molecular weight excluding hydrogens is 1430 g/mol. The van der Waals surface area contributed by atoms with E-state index in [1.165, 1.54) is 7.11 Å². The molecule has 0 aromatic heterocycles. The van der Waals surface area contributed by atoms with Crippen LogP contribution in [0.25, 0.3) is 0 Å². The van der Waals surface area contributed by atoms with Gasteiger partial charge in [0.15, 0.2) is 56.2 Å². The van der Waals surface area contributed by atoms with Crippen molar-refractivity contribution >= 4 is 85.4 Å². The Morgan fingerprint density at radius 1 is 0.272 bits per heavy atom. The molecule has 5 fully saturated rings. The predicted octanol–water partition coefficient (Wildman–Crippen LogP) is -7.49. The molecule has 540 valence electrons. The zero-order valence-electron chi connectivity index (χ0n) is 48.0. The second kappa shape index (κ2) is 33.1. The van der Waals surface area contributed by atoms with Gasteiger partial charge in [-0.1, -0.05) is 0 Å². The van der Waals surface area contributed by atoms with E-state index in [2.05, 4.69) is 20.9 Å². The lowest BCUT2D eigenvalue weighted by Crippen LogP contribution is -2.69. The van der Waals surface area contributed by atoms with Gasteiger partial charge in [0.2, 0.25) is 0 Å². The Kier molecular flexibility index (Phi) is 28.9. The minimum Gasteiger partial charge on any atom is -0.376 e. The molecule has 54 heteroatoms. The fourth-order valence-corrected chi connectivity index (χ4v) is 13.0. The van der Waals surface area contributed by atoms with Crippen LogP contribution < -0.4 is 0 Å². The summed E-state index contributed by atoms with van der Waals surface area (Å²) >= 11 is 0. The van der Waals surface area contributed by atoms with Crippen LogP contribution in [-0.4, -0.2) is 334 Å². The van der Waals surface area contributed by atoms with Crippen LogP contribution in [0.5, 0.6) is 0 Å². The number of hydrogen-bond donors (Lipinski definition) is 7. The molecule has 0 radical (unpaired) electrons. The number of carbonyl (C=O) groups is 2. The van der Waals surface area contributed by atoms with E-state index in [4.69, 9.17) is 88.9 Å². The zero-order valence-corrected chi connectivity index (χ0v) is 53.7. The molecule has 5 heterocycles. The van der Waals surface area contributed by atoms with E-state index < -0.39 is 246 Å². The van der Waals surface area contributed by atoms with Crippen molar-refractivity contribution in [1.29, 1.82) is 0 Å². The number of hydrogen-bond acceptors (Lipinski definition) is 40. The highest BCUT2D eigenvalue weighted by Gasteiger charge is 2.61. The first-order valence-corrected chi connectivity index (χ1v) is 34.6. The number of methoxy groups -OCH3 is 8.